The minimum atomic E-state index is -4.33. The van der Waals surface area contributed by atoms with Gasteiger partial charge in [-0.3, -0.25) is 9.59 Å². The molecule has 1 amide bonds. The van der Waals surface area contributed by atoms with E-state index in [-0.39, 0.29) is 30.4 Å². The van der Waals surface area contributed by atoms with E-state index in [4.69, 9.17) is 11.6 Å². The van der Waals surface area contributed by atoms with Crippen LogP contribution in [0.5, 0.6) is 0 Å². The van der Waals surface area contributed by atoms with Gasteiger partial charge in [0, 0.05) is 37.4 Å². The quantitative estimate of drug-likeness (QED) is 0.544. The van der Waals surface area contributed by atoms with E-state index < -0.39 is 40.7 Å². The number of amides is 1. The van der Waals surface area contributed by atoms with E-state index in [2.05, 4.69) is 10.1 Å². The number of carbonyl (C=O) groups is 2. The first kappa shape index (κ1) is 26.1. The van der Waals surface area contributed by atoms with Gasteiger partial charge >= 0.3 is 5.97 Å². The van der Waals surface area contributed by atoms with Gasteiger partial charge in [0.05, 0.1) is 12.0 Å². The number of carbonyl (C=O) groups excluding carboxylic acids is 2. The summed E-state index contributed by atoms with van der Waals surface area (Å²) in [4.78, 5) is 23.9. The zero-order valence-electron chi connectivity index (χ0n) is 18.5. The molecule has 1 atom stereocenters. The van der Waals surface area contributed by atoms with Gasteiger partial charge in [0.1, 0.15) is 6.04 Å². The van der Waals surface area contributed by atoms with Gasteiger partial charge in [-0.05, 0) is 41.8 Å². The smallest absolute Gasteiger partial charge is 0.305 e. The van der Waals surface area contributed by atoms with Crippen molar-refractivity contribution in [2.24, 2.45) is 0 Å². The van der Waals surface area contributed by atoms with E-state index >= 15 is 0 Å². The van der Waals surface area contributed by atoms with Gasteiger partial charge in [-0.1, -0.05) is 35.9 Å². The highest BCUT2D eigenvalue weighted by Crippen LogP contribution is 2.32. The third kappa shape index (κ3) is 6.52. The average Bonchev–Trinajstić information content (AvgIpc) is 2.93. The maximum Gasteiger partial charge on any atom is 0.305 e. The Labute approximate surface area is 202 Å². The summed E-state index contributed by atoms with van der Waals surface area (Å²) in [5.41, 5.74) is 1.32. The molecule has 3 rings (SSSR count). The topological polar surface area (TPSA) is 92.8 Å². The lowest BCUT2D eigenvalue weighted by molar-refractivity contribution is -0.140. The first-order valence-corrected chi connectivity index (χ1v) is 12.4. The lowest BCUT2D eigenvalue weighted by Gasteiger charge is -2.30. The molecule has 11 heteroatoms. The Morgan fingerprint density at radius 3 is 2.38 bits per heavy atom. The van der Waals surface area contributed by atoms with Crippen LogP contribution in [0.3, 0.4) is 0 Å². The number of esters is 1. The van der Waals surface area contributed by atoms with Crippen molar-refractivity contribution in [3.8, 4) is 0 Å². The molecule has 1 heterocycles. The molecule has 0 aliphatic carbocycles. The molecular weight excluding hydrogens is 490 g/mol. The van der Waals surface area contributed by atoms with Gasteiger partial charge in [0.2, 0.25) is 15.9 Å². The van der Waals surface area contributed by atoms with Crippen LogP contribution in [0.1, 0.15) is 30.4 Å². The van der Waals surface area contributed by atoms with Crippen LogP contribution in [0, 0.1) is 0 Å². The van der Waals surface area contributed by atoms with E-state index in [1.807, 2.05) is 0 Å². The standard InChI is InChI=1S/C23H25ClF2N2O5S/c1-33-21(29)11-6-16-2-4-17(5-3-16)15-28(20-14-23(25,26)12-13-27-22(20)30)34(31,32)19-9-7-18(24)8-10-19/h2-5,7-10,20H,6,11-15H2,1H3,(H,27,30). The molecule has 1 unspecified atom stereocenters. The van der Waals surface area contributed by atoms with Gasteiger partial charge in [0.25, 0.3) is 5.92 Å². The van der Waals surface area contributed by atoms with E-state index in [1.54, 1.807) is 24.3 Å². The van der Waals surface area contributed by atoms with E-state index in [1.165, 1.54) is 31.4 Å². The Morgan fingerprint density at radius 2 is 1.76 bits per heavy atom. The number of ether oxygens (including phenoxy) is 1. The summed E-state index contributed by atoms with van der Waals surface area (Å²) < 4.78 is 61.2. The van der Waals surface area contributed by atoms with Crippen LogP contribution in [-0.2, 0) is 37.3 Å². The maximum atomic E-state index is 14.4. The summed E-state index contributed by atoms with van der Waals surface area (Å²) in [5, 5.41) is 2.71. The molecule has 0 saturated carbocycles. The van der Waals surface area contributed by atoms with Crippen LogP contribution in [0.4, 0.5) is 8.78 Å². The molecule has 0 bridgehead atoms. The van der Waals surface area contributed by atoms with Crippen LogP contribution in [-0.4, -0.2) is 50.2 Å². The Morgan fingerprint density at radius 1 is 1.15 bits per heavy atom. The van der Waals surface area contributed by atoms with Crippen LogP contribution in [0.15, 0.2) is 53.4 Å². The normalized spacial score (nSPS) is 18.3. The number of rotatable bonds is 8. The van der Waals surface area contributed by atoms with Crippen LogP contribution in [0.25, 0.3) is 0 Å². The lowest BCUT2D eigenvalue weighted by Crippen LogP contribution is -2.49. The van der Waals surface area contributed by atoms with Crippen molar-refractivity contribution in [2.75, 3.05) is 13.7 Å². The van der Waals surface area contributed by atoms with Crippen molar-refractivity contribution in [1.82, 2.24) is 9.62 Å². The molecule has 1 fully saturated rings. The average molecular weight is 515 g/mol. The molecule has 1 aliphatic rings. The first-order valence-electron chi connectivity index (χ1n) is 10.6. The number of benzene rings is 2. The SMILES string of the molecule is COC(=O)CCc1ccc(CN(C2CC(F)(F)CCNC2=O)S(=O)(=O)c2ccc(Cl)cc2)cc1. The zero-order valence-corrected chi connectivity index (χ0v) is 20.0. The molecular formula is C23H25ClF2N2O5S. The highest BCUT2D eigenvalue weighted by Gasteiger charge is 2.45. The number of nitrogens with zero attached hydrogens (tertiary/aromatic N) is 1. The molecule has 0 spiro atoms. The van der Waals surface area contributed by atoms with E-state index in [0.717, 1.165) is 9.87 Å². The summed E-state index contributed by atoms with van der Waals surface area (Å²) in [6.45, 7) is -0.539. The lowest BCUT2D eigenvalue weighted by atomic mass is 10.1. The second-order valence-electron chi connectivity index (χ2n) is 8.01. The number of hydrogen-bond acceptors (Lipinski definition) is 5. The summed E-state index contributed by atoms with van der Waals surface area (Å²) in [6, 6.07) is 10.4. The molecule has 0 radical (unpaired) electrons. The number of sulfonamides is 1. The number of hydrogen-bond donors (Lipinski definition) is 1. The van der Waals surface area contributed by atoms with Gasteiger partial charge in [-0.25, -0.2) is 17.2 Å². The van der Waals surface area contributed by atoms with Crippen molar-refractivity contribution in [3.63, 3.8) is 0 Å². The van der Waals surface area contributed by atoms with Crippen LogP contribution >= 0.6 is 11.6 Å². The minimum absolute atomic E-state index is 0.160. The second-order valence-corrected chi connectivity index (χ2v) is 10.3. The number of alkyl halides is 2. The van der Waals surface area contributed by atoms with Gasteiger partial charge in [0.15, 0.2) is 0 Å². The van der Waals surface area contributed by atoms with Crippen molar-refractivity contribution in [1.29, 1.82) is 0 Å². The second kappa shape index (κ2) is 10.8. The van der Waals surface area contributed by atoms with E-state index in [0.29, 0.717) is 17.0 Å². The fourth-order valence-corrected chi connectivity index (χ4v) is 5.34. The predicted molar refractivity (Wildman–Crippen MR) is 122 cm³/mol. The molecule has 1 aliphatic heterocycles. The summed E-state index contributed by atoms with van der Waals surface area (Å²) >= 11 is 5.87. The van der Waals surface area contributed by atoms with Crippen LogP contribution in [0.2, 0.25) is 5.02 Å². The number of methoxy groups -OCH3 is 1. The highest BCUT2D eigenvalue weighted by molar-refractivity contribution is 7.89. The molecule has 184 valence electrons. The summed E-state index contributed by atoms with van der Waals surface area (Å²) in [7, 11) is -3.03. The van der Waals surface area contributed by atoms with Crippen molar-refractivity contribution >= 4 is 33.5 Å². The molecule has 7 nitrogen and oxygen atoms in total. The Hall–Kier alpha value is -2.56. The third-order valence-corrected chi connectivity index (χ3v) is 7.68. The van der Waals surface area contributed by atoms with Gasteiger partial charge in [-0.2, -0.15) is 4.31 Å². The third-order valence-electron chi connectivity index (χ3n) is 5.56. The molecule has 2 aromatic carbocycles. The highest BCUT2D eigenvalue weighted by atomic mass is 35.5. The van der Waals surface area contributed by atoms with Gasteiger partial charge in [-0.15, -0.1) is 0 Å². The molecule has 34 heavy (non-hydrogen) atoms. The Kier molecular flexibility index (Phi) is 8.27. The van der Waals surface area contributed by atoms with Crippen molar-refractivity contribution < 1.29 is 31.5 Å². The van der Waals surface area contributed by atoms with E-state index in [9.17, 15) is 26.8 Å². The zero-order chi connectivity index (χ0) is 24.9. The Balaban J connectivity index is 1.94. The number of halogens is 3. The fraction of sp³-hybridized carbons (Fsp3) is 0.391. The van der Waals surface area contributed by atoms with Crippen molar-refractivity contribution in [3.05, 3.63) is 64.7 Å². The summed E-state index contributed by atoms with van der Waals surface area (Å²) in [5.74, 6) is -4.34. The first-order chi connectivity index (χ1) is 16.0. The minimum Gasteiger partial charge on any atom is -0.469 e. The fourth-order valence-electron chi connectivity index (χ4n) is 3.64. The molecule has 1 N–H and O–H groups in total. The Bertz CT molecular complexity index is 1130. The molecule has 2 aromatic rings. The van der Waals surface area contributed by atoms with Crippen molar-refractivity contribution in [2.45, 2.75) is 49.1 Å². The van der Waals surface area contributed by atoms with Gasteiger partial charge < -0.3 is 10.1 Å². The largest absolute Gasteiger partial charge is 0.469 e. The monoisotopic (exact) mass is 514 g/mol. The molecule has 1 saturated heterocycles. The number of aryl methyl sites for hydroxylation is 1. The maximum absolute atomic E-state index is 14.4. The number of nitrogens with one attached hydrogen (secondary N) is 1. The predicted octanol–water partition coefficient (Wildman–Crippen LogP) is 3.55. The summed E-state index contributed by atoms with van der Waals surface area (Å²) in [6.07, 6.45) is -0.886. The molecule has 0 aromatic heterocycles. The van der Waals surface area contributed by atoms with Crippen LogP contribution < -0.4 is 5.32 Å².